The molecule has 7 heteroatoms. The summed E-state index contributed by atoms with van der Waals surface area (Å²) in [6.45, 7) is 5.82. The van der Waals surface area contributed by atoms with Gasteiger partial charge < -0.3 is 0 Å². The lowest BCUT2D eigenvalue weighted by atomic mass is 10.0. The Morgan fingerprint density at radius 2 is 2.00 bits per heavy atom. The van der Waals surface area contributed by atoms with Crippen LogP contribution < -0.4 is 5.43 Å². The molecule has 0 saturated carbocycles. The first-order chi connectivity index (χ1) is 10.8. The normalized spacial score (nSPS) is 11.6. The lowest BCUT2D eigenvalue weighted by Crippen LogP contribution is -2.10. The summed E-state index contributed by atoms with van der Waals surface area (Å²) in [5, 5.41) is 7.28. The van der Waals surface area contributed by atoms with Gasteiger partial charge in [0.1, 0.15) is 0 Å². The summed E-state index contributed by atoms with van der Waals surface area (Å²) >= 11 is 0. The molecule has 0 unspecified atom stereocenters. The van der Waals surface area contributed by atoms with Crippen LogP contribution in [0.25, 0.3) is 17.0 Å². The highest BCUT2D eigenvalue weighted by Crippen LogP contribution is 2.31. The zero-order valence-electron chi connectivity index (χ0n) is 13.2. The summed E-state index contributed by atoms with van der Waals surface area (Å²) in [6.07, 6.45) is 2.89. The fourth-order valence-electron chi connectivity index (χ4n) is 2.16. The summed E-state index contributed by atoms with van der Waals surface area (Å²) in [5.74, 6) is 0. The molecule has 0 spiro atoms. The van der Waals surface area contributed by atoms with Crippen molar-refractivity contribution in [3.05, 3.63) is 54.2 Å². The van der Waals surface area contributed by atoms with Crippen molar-refractivity contribution in [1.82, 2.24) is 10.4 Å². The molecule has 0 bridgehead atoms. The second kappa shape index (κ2) is 6.70. The predicted molar refractivity (Wildman–Crippen MR) is 90.5 cm³/mol. The summed E-state index contributed by atoms with van der Waals surface area (Å²) in [7, 11) is -1.94. The average Bonchev–Trinajstić information content (AvgIpc) is 2.51. The minimum Gasteiger partial charge on any atom is -0.260 e. The third-order valence-electron chi connectivity index (χ3n) is 3.20. The van der Waals surface area contributed by atoms with Crippen LogP contribution in [0.15, 0.2) is 58.3 Å². The van der Waals surface area contributed by atoms with Crippen LogP contribution in [0.2, 0.25) is 0 Å². The van der Waals surface area contributed by atoms with E-state index in [0.29, 0.717) is 22.5 Å². The highest BCUT2D eigenvalue weighted by Gasteiger charge is 2.20. The van der Waals surface area contributed by atoms with E-state index in [1.54, 1.807) is 18.3 Å². The summed E-state index contributed by atoms with van der Waals surface area (Å²) in [5.41, 5.74) is 5.78. The minimum absolute atomic E-state index is 0.168. The number of sulfone groups is 1. The second-order valence-corrected chi connectivity index (χ2v) is 7.05. The summed E-state index contributed by atoms with van der Waals surface area (Å²) in [6, 6.07) is 8.79. The number of rotatable bonds is 5. The summed E-state index contributed by atoms with van der Waals surface area (Å²) in [4.78, 5) is 4.55. The number of pyridine rings is 1. The van der Waals surface area contributed by atoms with E-state index < -0.39 is 9.84 Å². The maximum Gasteiger partial charge on any atom is 0.176 e. The number of hydrogen-bond acceptors (Lipinski definition) is 5. The van der Waals surface area contributed by atoms with E-state index in [2.05, 4.69) is 27.3 Å². The molecule has 6 nitrogen and oxygen atoms in total. The molecular formula is C16H18N4O2S. The van der Waals surface area contributed by atoms with Gasteiger partial charge in [-0.25, -0.2) is 8.42 Å². The Morgan fingerprint density at radius 1 is 1.26 bits per heavy atom. The van der Waals surface area contributed by atoms with Crippen LogP contribution in [-0.4, -0.2) is 26.7 Å². The third kappa shape index (κ3) is 3.81. The lowest BCUT2D eigenvalue weighted by Gasteiger charge is -2.15. The second-order valence-electron chi connectivity index (χ2n) is 5.06. The Bertz CT molecular complexity index is 856. The molecule has 0 aliphatic carbocycles. The van der Waals surface area contributed by atoms with E-state index in [1.165, 1.54) is 13.1 Å². The van der Waals surface area contributed by atoms with E-state index in [1.807, 2.05) is 19.1 Å². The van der Waals surface area contributed by atoms with Gasteiger partial charge in [0.15, 0.2) is 9.84 Å². The van der Waals surface area contributed by atoms with Gasteiger partial charge in [-0.15, -0.1) is 0 Å². The van der Waals surface area contributed by atoms with Gasteiger partial charge in [0.25, 0.3) is 0 Å². The van der Waals surface area contributed by atoms with E-state index in [-0.39, 0.29) is 4.90 Å². The zero-order valence-corrected chi connectivity index (χ0v) is 14.1. The Balaban J connectivity index is 2.71. The first kappa shape index (κ1) is 16.8. The van der Waals surface area contributed by atoms with Gasteiger partial charge in [-0.1, -0.05) is 30.0 Å². The van der Waals surface area contributed by atoms with E-state index in [9.17, 15) is 8.42 Å². The number of aromatic nitrogens is 1. The van der Waals surface area contributed by atoms with Gasteiger partial charge in [0, 0.05) is 23.6 Å². The van der Waals surface area contributed by atoms with E-state index >= 15 is 0 Å². The van der Waals surface area contributed by atoms with Crippen LogP contribution in [0.1, 0.15) is 11.1 Å². The molecule has 1 heterocycles. The topological polar surface area (TPSA) is 83.8 Å². The fourth-order valence-corrected chi connectivity index (χ4v) is 3.09. The van der Waals surface area contributed by atoms with Gasteiger partial charge in [0.2, 0.25) is 0 Å². The van der Waals surface area contributed by atoms with Gasteiger partial charge in [-0.05, 0) is 24.6 Å². The van der Waals surface area contributed by atoms with Crippen molar-refractivity contribution in [2.24, 2.45) is 10.3 Å². The molecule has 0 aliphatic heterocycles. The number of nitrogens with one attached hydrogen (secondary N) is 1. The summed E-state index contributed by atoms with van der Waals surface area (Å²) < 4.78 is 24.3. The molecule has 1 aromatic heterocycles. The molecule has 0 amide bonds. The molecule has 1 aromatic carbocycles. The van der Waals surface area contributed by atoms with Crippen molar-refractivity contribution >= 4 is 15.5 Å². The molecule has 0 saturated heterocycles. The van der Waals surface area contributed by atoms with Crippen LogP contribution in [-0.2, 0) is 9.84 Å². The number of nitrogens with zero attached hydrogens (tertiary/aromatic N) is 3. The minimum atomic E-state index is -3.44. The Labute approximate surface area is 135 Å². The smallest absolute Gasteiger partial charge is 0.176 e. The lowest BCUT2D eigenvalue weighted by molar-refractivity contribution is 0.601. The standard InChI is InChI=1S/C16H18N4O2S/c1-11-8-9-14(18-10-11)13-6-5-7-15(23(4,21)22)16(13)12(2)19-20-17-3/h5-10H,2H2,1,3-4H3,(H,17,19). The van der Waals surface area contributed by atoms with Gasteiger partial charge >= 0.3 is 0 Å². The molecule has 0 fully saturated rings. The van der Waals surface area contributed by atoms with Crippen molar-refractivity contribution < 1.29 is 8.42 Å². The van der Waals surface area contributed by atoms with Crippen LogP contribution in [0.5, 0.6) is 0 Å². The average molecular weight is 330 g/mol. The molecule has 120 valence electrons. The molecule has 0 atom stereocenters. The Kier molecular flexibility index (Phi) is 4.90. The number of aryl methyl sites for hydroxylation is 1. The Hall–Kier alpha value is -2.54. The highest BCUT2D eigenvalue weighted by atomic mass is 32.2. The van der Waals surface area contributed by atoms with E-state index in [0.717, 1.165) is 11.8 Å². The molecule has 0 aliphatic rings. The third-order valence-corrected chi connectivity index (χ3v) is 4.34. The van der Waals surface area contributed by atoms with Crippen LogP contribution >= 0.6 is 0 Å². The van der Waals surface area contributed by atoms with Crippen molar-refractivity contribution in [3.8, 4) is 11.3 Å². The maximum atomic E-state index is 12.1. The predicted octanol–water partition coefficient (Wildman–Crippen LogP) is 3.02. The van der Waals surface area contributed by atoms with Gasteiger partial charge in [0.05, 0.1) is 23.3 Å². The fraction of sp³-hybridized carbons (Fsp3) is 0.188. The van der Waals surface area contributed by atoms with Crippen molar-refractivity contribution in [3.63, 3.8) is 0 Å². The van der Waals surface area contributed by atoms with Crippen molar-refractivity contribution in [2.75, 3.05) is 13.3 Å². The van der Waals surface area contributed by atoms with Crippen molar-refractivity contribution in [1.29, 1.82) is 0 Å². The Morgan fingerprint density at radius 3 is 2.57 bits per heavy atom. The molecule has 1 N–H and O–H groups in total. The first-order valence-corrected chi connectivity index (χ1v) is 8.74. The van der Waals surface area contributed by atoms with Crippen molar-refractivity contribution in [2.45, 2.75) is 11.8 Å². The molecular weight excluding hydrogens is 312 g/mol. The molecule has 23 heavy (non-hydrogen) atoms. The SMILES string of the molecule is C=C(NN=NC)c1c(-c2ccc(C)cn2)cccc1S(C)(=O)=O. The van der Waals surface area contributed by atoms with Crippen LogP contribution in [0.3, 0.4) is 0 Å². The largest absolute Gasteiger partial charge is 0.260 e. The number of benzene rings is 1. The molecule has 0 radical (unpaired) electrons. The monoisotopic (exact) mass is 330 g/mol. The zero-order chi connectivity index (χ0) is 17.0. The van der Waals surface area contributed by atoms with Crippen LogP contribution in [0, 0.1) is 6.92 Å². The molecule has 2 rings (SSSR count). The van der Waals surface area contributed by atoms with E-state index in [4.69, 9.17) is 0 Å². The van der Waals surface area contributed by atoms with Crippen LogP contribution in [0.4, 0.5) is 0 Å². The highest BCUT2D eigenvalue weighted by molar-refractivity contribution is 7.90. The molecule has 2 aromatic rings. The van der Waals surface area contributed by atoms with Gasteiger partial charge in [-0.3, -0.25) is 10.4 Å². The quantitative estimate of drug-likeness (QED) is 0.674. The first-order valence-electron chi connectivity index (χ1n) is 6.85. The number of hydrogen-bond donors (Lipinski definition) is 1. The van der Waals surface area contributed by atoms with Gasteiger partial charge in [-0.2, -0.15) is 5.11 Å². The maximum absolute atomic E-state index is 12.1.